The van der Waals surface area contributed by atoms with E-state index in [1.807, 2.05) is 4.90 Å². The number of hydrogen-bond donors (Lipinski definition) is 1. The molecule has 0 saturated carbocycles. The summed E-state index contributed by atoms with van der Waals surface area (Å²) >= 11 is 0. The topological polar surface area (TPSA) is 106 Å². The van der Waals surface area contributed by atoms with Crippen molar-refractivity contribution in [3.05, 3.63) is 36.0 Å². The second kappa shape index (κ2) is 8.91. The van der Waals surface area contributed by atoms with Crippen molar-refractivity contribution in [2.24, 2.45) is 17.6 Å². The lowest BCUT2D eigenvalue weighted by molar-refractivity contribution is -0.140. The molecule has 160 valence electrons. The molecule has 3 heterocycles. The zero-order valence-corrected chi connectivity index (χ0v) is 16.8. The van der Waals surface area contributed by atoms with Crippen LogP contribution in [0, 0.1) is 17.7 Å². The van der Waals surface area contributed by atoms with Crippen molar-refractivity contribution < 1.29 is 18.5 Å². The maximum Gasteiger partial charge on any atom is 0.241 e. The van der Waals surface area contributed by atoms with E-state index in [9.17, 15) is 14.0 Å². The highest BCUT2D eigenvalue weighted by atomic mass is 19.1. The molecule has 2 aliphatic heterocycles. The van der Waals surface area contributed by atoms with Gasteiger partial charge in [0.1, 0.15) is 5.82 Å². The lowest BCUT2D eigenvalue weighted by atomic mass is 9.92. The van der Waals surface area contributed by atoms with Gasteiger partial charge in [-0.1, -0.05) is 5.16 Å². The Hall–Kier alpha value is -2.81. The number of likely N-dealkylation sites (tertiary alicyclic amines) is 2. The number of rotatable bonds is 5. The normalized spacial score (nSPS) is 19.2. The summed E-state index contributed by atoms with van der Waals surface area (Å²) in [4.78, 5) is 32.6. The molecule has 0 spiro atoms. The van der Waals surface area contributed by atoms with Crippen LogP contribution in [-0.4, -0.2) is 57.9 Å². The minimum absolute atomic E-state index is 0.0174. The second-order valence-electron chi connectivity index (χ2n) is 8.07. The summed E-state index contributed by atoms with van der Waals surface area (Å²) in [5, 5.41) is 3.98. The van der Waals surface area contributed by atoms with Gasteiger partial charge in [0, 0.05) is 30.5 Å². The van der Waals surface area contributed by atoms with Gasteiger partial charge >= 0.3 is 0 Å². The minimum Gasteiger partial charge on any atom is -0.369 e. The molecule has 2 aromatic rings. The Labute approximate surface area is 174 Å². The number of benzene rings is 1. The molecule has 0 radical (unpaired) electrons. The minimum atomic E-state index is -0.308. The van der Waals surface area contributed by atoms with E-state index in [4.69, 9.17) is 10.3 Å². The van der Waals surface area contributed by atoms with Crippen LogP contribution in [0.4, 0.5) is 4.39 Å². The predicted octanol–water partition coefficient (Wildman–Crippen LogP) is 1.81. The highest BCUT2D eigenvalue weighted by Crippen LogP contribution is 2.25. The molecule has 4 rings (SSSR count). The van der Waals surface area contributed by atoms with Crippen LogP contribution >= 0.6 is 0 Å². The summed E-state index contributed by atoms with van der Waals surface area (Å²) in [7, 11) is 0. The van der Waals surface area contributed by atoms with Gasteiger partial charge in [-0.05, 0) is 63.0 Å². The van der Waals surface area contributed by atoms with E-state index < -0.39 is 0 Å². The summed E-state index contributed by atoms with van der Waals surface area (Å²) < 4.78 is 18.4. The second-order valence-corrected chi connectivity index (χ2v) is 8.07. The van der Waals surface area contributed by atoms with E-state index in [1.54, 1.807) is 12.1 Å². The van der Waals surface area contributed by atoms with E-state index in [2.05, 4.69) is 15.0 Å². The SMILES string of the molecule is NC(=O)C1CCN(C(=O)C2CCN(Cc3nc(-c4ccc(F)cc4)no3)CC2)CC1. The lowest BCUT2D eigenvalue weighted by Crippen LogP contribution is -2.46. The van der Waals surface area contributed by atoms with Gasteiger partial charge in [0.25, 0.3) is 0 Å². The summed E-state index contributed by atoms with van der Waals surface area (Å²) in [6, 6.07) is 5.97. The van der Waals surface area contributed by atoms with Crippen LogP contribution in [0.5, 0.6) is 0 Å². The molecular formula is C21H26FN5O3. The Morgan fingerprint density at radius 3 is 2.30 bits per heavy atom. The average Bonchev–Trinajstić information content (AvgIpc) is 3.23. The molecule has 2 aliphatic rings. The van der Waals surface area contributed by atoms with E-state index >= 15 is 0 Å². The summed E-state index contributed by atoms with van der Waals surface area (Å²) in [5.41, 5.74) is 6.07. The number of carbonyl (C=O) groups is 2. The van der Waals surface area contributed by atoms with Gasteiger partial charge in [-0.2, -0.15) is 4.98 Å². The smallest absolute Gasteiger partial charge is 0.241 e. The molecule has 30 heavy (non-hydrogen) atoms. The van der Waals surface area contributed by atoms with Crippen molar-refractivity contribution in [3.63, 3.8) is 0 Å². The largest absolute Gasteiger partial charge is 0.369 e. The molecule has 1 aromatic carbocycles. The van der Waals surface area contributed by atoms with E-state index in [1.165, 1.54) is 12.1 Å². The average molecular weight is 415 g/mol. The predicted molar refractivity (Wildman–Crippen MR) is 106 cm³/mol. The van der Waals surface area contributed by atoms with Crippen molar-refractivity contribution in [1.29, 1.82) is 0 Å². The number of amides is 2. The number of nitrogens with two attached hydrogens (primary N) is 1. The van der Waals surface area contributed by atoms with Gasteiger partial charge in [-0.15, -0.1) is 0 Å². The number of halogens is 1. The number of aromatic nitrogens is 2. The lowest BCUT2D eigenvalue weighted by Gasteiger charge is -2.36. The van der Waals surface area contributed by atoms with Gasteiger partial charge < -0.3 is 15.2 Å². The molecular weight excluding hydrogens is 389 g/mol. The van der Waals surface area contributed by atoms with Gasteiger partial charge in [0.2, 0.25) is 23.5 Å². The molecule has 9 heteroatoms. The first kappa shape index (κ1) is 20.5. The Bertz CT molecular complexity index is 884. The molecule has 8 nitrogen and oxygen atoms in total. The van der Waals surface area contributed by atoms with Crippen molar-refractivity contribution in [2.45, 2.75) is 32.2 Å². The van der Waals surface area contributed by atoms with Crippen LogP contribution in [0.1, 0.15) is 31.6 Å². The third kappa shape index (κ3) is 4.67. The van der Waals surface area contributed by atoms with Crippen molar-refractivity contribution in [2.75, 3.05) is 26.2 Å². The molecule has 2 amide bonds. The van der Waals surface area contributed by atoms with Crippen LogP contribution < -0.4 is 5.73 Å². The highest BCUT2D eigenvalue weighted by Gasteiger charge is 2.32. The van der Waals surface area contributed by atoms with Gasteiger partial charge in [0.15, 0.2) is 0 Å². The fourth-order valence-electron chi connectivity index (χ4n) is 4.21. The number of carbonyl (C=O) groups excluding carboxylic acids is 2. The fraction of sp³-hybridized carbons (Fsp3) is 0.524. The van der Waals surface area contributed by atoms with Crippen molar-refractivity contribution >= 4 is 11.8 Å². The molecule has 0 atom stereocenters. The number of primary amides is 1. The molecule has 2 N–H and O–H groups in total. The van der Waals surface area contributed by atoms with E-state index in [0.717, 1.165) is 25.9 Å². The van der Waals surface area contributed by atoms with Crippen molar-refractivity contribution in [1.82, 2.24) is 19.9 Å². The quantitative estimate of drug-likeness (QED) is 0.798. The monoisotopic (exact) mass is 415 g/mol. The fourth-order valence-corrected chi connectivity index (χ4v) is 4.21. The number of hydrogen-bond acceptors (Lipinski definition) is 6. The van der Waals surface area contributed by atoms with Crippen molar-refractivity contribution in [3.8, 4) is 11.4 Å². The first-order valence-electron chi connectivity index (χ1n) is 10.4. The van der Waals surface area contributed by atoms with Gasteiger partial charge in [0.05, 0.1) is 6.54 Å². The zero-order chi connectivity index (χ0) is 21.1. The summed E-state index contributed by atoms with van der Waals surface area (Å²) in [6.45, 7) is 3.31. The Morgan fingerprint density at radius 2 is 1.67 bits per heavy atom. The molecule has 2 saturated heterocycles. The number of piperidine rings is 2. The molecule has 0 aliphatic carbocycles. The summed E-state index contributed by atoms with van der Waals surface area (Å²) in [6.07, 6.45) is 2.89. The molecule has 2 fully saturated rings. The first-order valence-corrected chi connectivity index (χ1v) is 10.4. The Kier molecular flexibility index (Phi) is 6.08. The molecule has 1 aromatic heterocycles. The maximum absolute atomic E-state index is 13.1. The summed E-state index contributed by atoms with van der Waals surface area (Å²) in [5.74, 6) is 0.473. The standard InChI is InChI=1S/C21H26FN5O3/c22-17-3-1-15(2-4-17)20-24-18(30-25-20)13-26-9-5-16(6-10-26)21(29)27-11-7-14(8-12-27)19(23)28/h1-4,14,16H,5-13H2,(H2,23,28). The molecule has 0 unspecified atom stereocenters. The maximum atomic E-state index is 13.1. The van der Waals surface area contributed by atoms with Gasteiger partial charge in [-0.3, -0.25) is 14.5 Å². The Balaban J connectivity index is 1.25. The van der Waals surface area contributed by atoms with Crippen LogP contribution in [0.15, 0.2) is 28.8 Å². The van der Waals surface area contributed by atoms with Crippen LogP contribution in [0.25, 0.3) is 11.4 Å². The first-order chi connectivity index (χ1) is 14.5. The third-order valence-electron chi connectivity index (χ3n) is 6.08. The molecule has 0 bridgehead atoms. The zero-order valence-electron chi connectivity index (χ0n) is 16.8. The van der Waals surface area contributed by atoms with E-state index in [0.29, 0.717) is 49.8 Å². The third-order valence-corrected chi connectivity index (χ3v) is 6.08. The Morgan fingerprint density at radius 1 is 1.03 bits per heavy atom. The van der Waals surface area contributed by atoms with Gasteiger partial charge in [-0.25, -0.2) is 4.39 Å². The van der Waals surface area contributed by atoms with Crippen LogP contribution in [0.3, 0.4) is 0 Å². The van der Waals surface area contributed by atoms with E-state index in [-0.39, 0.29) is 29.5 Å². The highest BCUT2D eigenvalue weighted by molar-refractivity contribution is 5.80. The van der Waals surface area contributed by atoms with Crippen LogP contribution in [0.2, 0.25) is 0 Å². The number of nitrogens with zero attached hydrogens (tertiary/aromatic N) is 4. The van der Waals surface area contributed by atoms with Crippen LogP contribution in [-0.2, 0) is 16.1 Å².